The maximum Gasteiger partial charge on any atom is 0.163 e. The van der Waals surface area contributed by atoms with Gasteiger partial charge in [-0.25, -0.2) is 15.0 Å². The van der Waals surface area contributed by atoms with Gasteiger partial charge in [0, 0.05) is 33.2 Å². The average molecular weight is 680 g/mol. The molecule has 4 nitrogen and oxygen atoms in total. The van der Waals surface area contributed by atoms with Crippen LogP contribution in [0.25, 0.3) is 88.9 Å². The van der Waals surface area contributed by atoms with Crippen molar-refractivity contribution in [2.75, 3.05) is 0 Å². The van der Waals surface area contributed by atoms with Crippen molar-refractivity contribution in [2.24, 2.45) is 0 Å². The molecule has 7 aromatic carbocycles. The van der Waals surface area contributed by atoms with Crippen LogP contribution in [0.15, 0.2) is 186 Å². The molecule has 0 aliphatic heterocycles. The van der Waals surface area contributed by atoms with Crippen LogP contribution in [0.2, 0.25) is 0 Å². The summed E-state index contributed by atoms with van der Waals surface area (Å²) in [5.41, 5.74) is 10.7. The normalized spacial score (nSPS) is 14.0. The zero-order chi connectivity index (χ0) is 35.1. The third-order valence-corrected chi connectivity index (χ3v) is 10.3. The van der Waals surface area contributed by atoms with Crippen LogP contribution in [0.5, 0.6) is 0 Å². The van der Waals surface area contributed by atoms with E-state index in [1.165, 1.54) is 16.5 Å². The molecular weight excluding hydrogens is 647 g/mol. The molecule has 0 amide bonds. The Hall–Kier alpha value is -6.91. The van der Waals surface area contributed by atoms with Crippen molar-refractivity contribution in [1.82, 2.24) is 15.0 Å². The van der Waals surface area contributed by atoms with Gasteiger partial charge in [-0.05, 0) is 63.4 Å². The molecule has 10 rings (SSSR count). The van der Waals surface area contributed by atoms with Gasteiger partial charge in [-0.1, -0.05) is 164 Å². The predicted octanol–water partition coefficient (Wildman–Crippen LogP) is 12.9. The molecule has 4 heteroatoms. The van der Waals surface area contributed by atoms with Crippen LogP contribution in [0.1, 0.15) is 18.2 Å². The topological polar surface area (TPSA) is 51.8 Å². The first-order valence-electron chi connectivity index (χ1n) is 18.0. The van der Waals surface area contributed by atoms with E-state index in [1.807, 2.05) is 36.4 Å². The second kappa shape index (κ2) is 13.0. The van der Waals surface area contributed by atoms with E-state index in [1.54, 1.807) is 0 Å². The molecule has 0 bridgehead atoms. The van der Waals surface area contributed by atoms with Crippen LogP contribution in [0, 0.1) is 0 Å². The Kier molecular flexibility index (Phi) is 7.58. The van der Waals surface area contributed by atoms with Gasteiger partial charge >= 0.3 is 0 Å². The first-order chi connectivity index (χ1) is 26.2. The number of hydrogen-bond donors (Lipinski definition) is 0. The summed E-state index contributed by atoms with van der Waals surface area (Å²) in [5, 5.41) is 4.54. The molecule has 1 unspecified atom stereocenters. The molecule has 0 radical (unpaired) electrons. The van der Waals surface area contributed by atoms with E-state index >= 15 is 0 Å². The van der Waals surface area contributed by atoms with E-state index in [2.05, 4.69) is 146 Å². The summed E-state index contributed by atoms with van der Waals surface area (Å²) in [5.74, 6) is 2.29. The van der Waals surface area contributed by atoms with Crippen LogP contribution in [0.4, 0.5) is 0 Å². The Morgan fingerprint density at radius 3 is 1.68 bits per heavy atom. The highest BCUT2D eigenvalue weighted by Gasteiger charge is 2.18. The molecule has 0 fully saturated rings. The molecule has 0 saturated heterocycles. The van der Waals surface area contributed by atoms with Crippen LogP contribution in [-0.2, 0) is 0 Å². The van der Waals surface area contributed by atoms with Crippen molar-refractivity contribution in [3.63, 3.8) is 0 Å². The van der Waals surface area contributed by atoms with E-state index in [0.29, 0.717) is 11.6 Å². The fourth-order valence-electron chi connectivity index (χ4n) is 7.48. The van der Waals surface area contributed by atoms with Crippen LogP contribution >= 0.6 is 0 Å². The van der Waals surface area contributed by atoms with E-state index in [9.17, 15) is 0 Å². The van der Waals surface area contributed by atoms with Crippen molar-refractivity contribution in [1.29, 1.82) is 0 Å². The summed E-state index contributed by atoms with van der Waals surface area (Å²) in [6.45, 7) is 0. The van der Waals surface area contributed by atoms with E-state index in [4.69, 9.17) is 19.4 Å². The number of nitrogens with zero attached hydrogens (tertiary/aromatic N) is 3. The summed E-state index contributed by atoms with van der Waals surface area (Å²) >= 11 is 0. The first kappa shape index (κ1) is 30.9. The highest BCUT2D eigenvalue weighted by molar-refractivity contribution is 6.19. The molecule has 0 saturated carbocycles. The molecule has 2 aromatic heterocycles. The molecule has 53 heavy (non-hydrogen) atoms. The predicted molar refractivity (Wildman–Crippen MR) is 217 cm³/mol. The lowest BCUT2D eigenvalue weighted by Gasteiger charge is -2.14. The number of fused-ring (bicyclic) bond motifs is 5. The third-order valence-electron chi connectivity index (χ3n) is 10.3. The zero-order valence-corrected chi connectivity index (χ0v) is 28.9. The van der Waals surface area contributed by atoms with E-state index in [0.717, 1.165) is 73.0 Å². The van der Waals surface area contributed by atoms with Gasteiger partial charge in [0.05, 0.1) is 0 Å². The fourth-order valence-corrected chi connectivity index (χ4v) is 7.48. The second-order valence-corrected chi connectivity index (χ2v) is 13.5. The van der Waals surface area contributed by atoms with Crippen molar-refractivity contribution < 1.29 is 4.42 Å². The number of allylic oxidation sites excluding steroid dienone is 4. The van der Waals surface area contributed by atoms with Crippen molar-refractivity contribution >= 4 is 32.7 Å². The molecule has 0 spiro atoms. The fraction of sp³-hybridized carbons (Fsp3) is 0.0408. The SMILES string of the molecule is C1=CCC(c2nc(-c3ccccc3)nc(-c3ccc(-c4ccc(-c5cc6c7ccc(-c8ccccc8)cc7oc6c6ccccc56)cc4)cc3)n2)C=C1. The van der Waals surface area contributed by atoms with Crippen LogP contribution < -0.4 is 0 Å². The molecule has 9 aromatic rings. The van der Waals surface area contributed by atoms with Gasteiger partial charge in [0.2, 0.25) is 0 Å². The minimum Gasteiger partial charge on any atom is -0.455 e. The quantitative estimate of drug-likeness (QED) is 0.175. The number of furan rings is 1. The highest BCUT2D eigenvalue weighted by Crippen LogP contribution is 2.41. The Balaban J connectivity index is 0.988. The molecule has 1 aliphatic rings. The Morgan fingerprint density at radius 1 is 0.434 bits per heavy atom. The Morgan fingerprint density at radius 2 is 1.00 bits per heavy atom. The van der Waals surface area contributed by atoms with Gasteiger partial charge in [-0.2, -0.15) is 0 Å². The summed E-state index contributed by atoms with van der Waals surface area (Å²) < 4.78 is 6.59. The lowest BCUT2D eigenvalue weighted by atomic mass is 9.93. The summed E-state index contributed by atoms with van der Waals surface area (Å²) in [6.07, 6.45) is 9.35. The minimum absolute atomic E-state index is 0.125. The van der Waals surface area contributed by atoms with Crippen LogP contribution in [-0.4, -0.2) is 15.0 Å². The summed E-state index contributed by atoms with van der Waals surface area (Å²) in [7, 11) is 0. The van der Waals surface area contributed by atoms with Gasteiger partial charge in [0.1, 0.15) is 17.0 Å². The Labute approximate surface area is 307 Å². The van der Waals surface area contributed by atoms with Crippen molar-refractivity contribution in [2.45, 2.75) is 12.3 Å². The molecule has 0 N–H and O–H groups in total. The monoisotopic (exact) mass is 679 g/mol. The lowest BCUT2D eigenvalue weighted by molar-refractivity contribution is 0.673. The largest absolute Gasteiger partial charge is 0.455 e. The molecule has 250 valence electrons. The first-order valence-corrected chi connectivity index (χ1v) is 18.0. The summed E-state index contributed by atoms with van der Waals surface area (Å²) in [6, 6.07) is 55.4. The average Bonchev–Trinajstić information content (AvgIpc) is 3.62. The van der Waals surface area contributed by atoms with Crippen LogP contribution in [0.3, 0.4) is 0 Å². The van der Waals surface area contributed by atoms with Crippen molar-refractivity contribution in [3.05, 3.63) is 188 Å². The molecular formula is C49H33N3O. The van der Waals surface area contributed by atoms with Gasteiger partial charge in [0.15, 0.2) is 11.6 Å². The van der Waals surface area contributed by atoms with E-state index < -0.39 is 0 Å². The number of hydrogen-bond acceptors (Lipinski definition) is 4. The summed E-state index contributed by atoms with van der Waals surface area (Å²) in [4.78, 5) is 14.8. The smallest absolute Gasteiger partial charge is 0.163 e. The Bertz CT molecular complexity index is 2830. The van der Waals surface area contributed by atoms with Gasteiger partial charge in [-0.15, -0.1) is 0 Å². The number of rotatable bonds is 6. The zero-order valence-electron chi connectivity index (χ0n) is 28.9. The third kappa shape index (κ3) is 5.71. The minimum atomic E-state index is 0.125. The van der Waals surface area contributed by atoms with Gasteiger partial charge in [0.25, 0.3) is 0 Å². The van der Waals surface area contributed by atoms with Gasteiger partial charge < -0.3 is 4.42 Å². The van der Waals surface area contributed by atoms with Crippen molar-refractivity contribution in [3.8, 4) is 56.2 Å². The number of aromatic nitrogens is 3. The van der Waals surface area contributed by atoms with Gasteiger partial charge in [-0.3, -0.25) is 0 Å². The maximum absolute atomic E-state index is 6.59. The molecule has 1 atom stereocenters. The standard InChI is InChI=1S/C49H33N3O/c1-4-12-32(13-5-1)39-28-29-41-44-31-43(40-18-10-11-19-42(40)46(44)53-45(41)30-39)35-24-20-33(21-25-35)34-22-26-38(27-23-34)49-51-47(36-14-6-2-7-15-36)50-48(52-49)37-16-8-3-9-17-37/h1-16,18-31,37H,17H2. The maximum atomic E-state index is 6.59. The van der Waals surface area contributed by atoms with E-state index in [-0.39, 0.29) is 5.92 Å². The second-order valence-electron chi connectivity index (χ2n) is 13.5. The highest BCUT2D eigenvalue weighted by atomic mass is 16.3. The molecule has 2 heterocycles. The lowest BCUT2D eigenvalue weighted by Crippen LogP contribution is -2.07. The molecule has 1 aliphatic carbocycles. The number of benzene rings is 7.